The Morgan fingerprint density at radius 2 is 2.05 bits per heavy atom. The first-order chi connectivity index (χ1) is 10.6. The fourth-order valence-corrected chi connectivity index (χ4v) is 2.33. The van der Waals surface area contributed by atoms with Gasteiger partial charge in [0, 0.05) is 36.3 Å². The van der Waals surface area contributed by atoms with Crippen molar-refractivity contribution in [2.75, 3.05) is 6.67 Å². The van der Waals surface area contributed by atoms with Gasteiger partial charge in [-0.25, -0.2) is 13.2 Å². The molecule has 3 rings (SSSR count). The van der Waals surface area contributed by atoms with Gasteiger partial charge in [-0.15, -0.1) is 0 Å². The molecular weight excluding hydrogens is 291 g/mol. The normalized spacial score (nSPS) is 13.5. The van der Waals surface area contributed by atoms with Gasteiger partial charge in [0.1, 0.15) is 23.1 Å². The van der Waals surface area contributed by atoms with E-state index in [0.717, 1.165) is 6.07 Å². The topological polar surface area (TPSA) is 28.2 Å². The lowest BCUT2D eigenvalue weighted by Gasteiger charge is -2.15. The third kappa shape index (κ3) is 2.64. The highest BCUT2D eigenvalue weighted by Crippen LogP contribution is 2.27. The van der Waals surface area contributed by atoms with Gasteiger partial charge in [-0.3, -0.25) is 4.98 Å². The second-order valence-corrected chi connectivity index (χ2v) is 5.13. The molecule has 0 saturated heterocycles. The summed E-state index contributed by atoms with van der Waals surface area (Å²) in [5, 5.41) is 3.01. The van der Waals surface area contributed by atoms with E-state index < -0.39 is 17.5 Å². The molecule has 0 fully saturated rings. The van der Waals surface area contributed by atoms with Crippen LogP contribution in [-0.2, 0) is 6.54 Å². The molecule has 3 nitrogen and oxygen atoms in total. The van der Waals surface area contributed by atoms with Crippen molar-refractivity contribution in [1.82, 2.24) is 15.2 Å². The third-order valence-electron chi connectivity index (χ3n) is 3.56. The summed E-state index contributed by atoms with van der Waals surface area (Å²) in [5.74, 6) is -2.07. The Bertz CT molecular complexity index is 744. The lowest BCUT2D eigenvalue weighted by molar-refractivity contribution is 0.383. The van der Waals surface area contributed by atoms with Crippen LogP contribution < -0.4 is 5.32 Å². The number of hydrogen-bond acceptors (Lipinski definition) is 3. The van der Waals surface area contributed by atoms with Crippen LogP contribution in [0.2, 0.25) is 0 Å². The number of nitrogens with one attached hydrogen (secondary N) is 1. The van der Waals surface area contributed by atoms with E-state index in [1.165, 1.54) is 25.3 Å². The first-order valence-corrected chi connectivity index (χ1v) is 6.80. The summed E-state index contributed by atoms with van der Waals surface area (Å²) < 4.78 is 41.6. The molecule has 0 atom stereocenters. The van der Waals surface area contributed by atoms with E-state index >= 15 is 0 Å². The van der Waals surface area contributed by atoms with Crippen molar-refractivity contribution in [2.24, 2.45) is 0 Å². The average molecular weight is 305 g/mol. The molecule has 114 valence electrons. The molecule has 0 saturated carbocycles. The predicted molar refractivity (Wildman–Crippen MR) is 77.0 cm³/mol. The lowest BCUT2D eigenvalue weighted by atomic mass is 10.1. The lowest BCUT2D eigenvalue weighted by Crippen LogP contribution is -2.20. The molecule has 0 bridgehead atoms. The van der Waals surface area contributed by atoms with Gasteiger partial charge >= 0.3 is 0 Å². The minimum Gasteiger partial charge on any atom is -0.373 e. The Morgan fingerprint density at radius 3 is 2.73 bits per heavy atom. The molecule has 1 N–H and O–H groups in total. The fourth-order valence-electron chi connectivity index (χ4n) is 2.33. The molecular formula is C16H14F3N3. The number of rotatable bonds is 3. The maximum absolute atomic E-state index is 14.2. The summed E-state index contributed by atoms with van der Waals surface area (Å²) in [6.45, 7) is 2.46. The van der Waals surface area contributed by atoms with Gasteiger partial charge in [0.25, 0.3) is 0 Å². The van der Waals surface area contributed by atoms with E-state index in [9.17, 15) is 13.2 Å². The first-order valence-electron chi connectivity index (χ1n) is 6.80. The highest BCUT2D eigenvalue weighted by molar-refractivity contribution is 5.62. The van der Waals surface area contributed by atoms with E-state index in [1.54, 1.807) is 6.20 Å². The van der Waals surface area contributed by atoms with Gasteiger partial charge in [-0.2, -0.15) is 0 Å². The zero-order valence-electron chi connectivity index (χ0n) is 11.9. The van der Waals surface area contributed by atoms with Gasteiger partial charge in [0.2, 0.25) is 0 Å². The van der Waals surface area contributed by atoms with Crippen molar-refractivity contribution in [3.05, 3.63) is 65.4 Å². The SMILES string of the molecule is Cc1c(F)ccc(-c2ncc(CN3C=CNC3)cc2F)c1F. The minimum atomic E-state index is -0.786. The van der Waals surface area contributed by atoms with Crippen molar-refractivity contribution >= 4 is 0 Å². The number of hydrogen-bond donors (Lipinski definition) is 1. The largest absolute Gasteiger partial charge is 0.373 e. The van der Waals surface area contributed by atoms with Crippen molar-refractivity contribution < 1.29 is 13.2 Å². The highest BCUT2D eigenvalue weighted by atomic mass is 19.1. The van der Waals surface area contributed by atoms with Crippen LogP contribution in [0.4, 0.5) is 13.2 Å². The molecule has 0 amide bonds. The summed E-state index contributed by atoms with van der Waals surface area (Å²) in [4.78, 5) is 5.96. The van der Waals surface area contributed by atoms with Crippen LogP contribution in [0.5, 0.6) is 0 Å². The molecule has 1 aromatic carbocycles. The molecule has 2 aromatic rings. The number of pyridine rings is 1. The Morgan fingerprint density at radius 1 is 1.23 bits per heavy atom. The molecule has 0 unspecified atom stereocenters. The Hall–Kier alpha value is -2.50. The highest BCUT2D eigenvalue weighted by Gasteiger charge is 2.16. The Labute approximate surface area is 126 Å². The maximum atomic E-state index is 14.2. The first kappa shape index (κ1) is 14.4. The van der Waals surface area contributed by atoms with Crippen molar-refractivity contribution in [3.8, 4) is 11.3 Å². The summed E-state index contributed by atoms with van der Waals surface area (Å²) >= 11 is 0. The molecule has 0 spiro atoms. The van der Waals surface area contributed by atoms with Gasteiger partial charge < -0.3 is 10.2 Å². The van der Waals surface area contributed by atoms with E-state index in [2.05, 4.69) is 10.3 Å². The molecule has 0 radical (unpaired) electrons. The van der Waals surface area contributed by atoms with E-state index in [1.807, 2.05) is 11.1 Å². The van der Waals surface area contributed by atoms with Crippen molar-refractivity contribution in [2.45, 2.75) is 13.5 Å². The van der Waals surface area contributed by atoms with E-state index in [0.29, 0.717) is 18.8 Å². The zero-order valence-corrected chi connectivity index (χ0v) is 11.9. The third-order valence-corrected chi connectivity index (χ3v) is 3.56. The minimum absolute atomic E-state index is 0.0364. The zero-order chi connectivity index (χ0) is 15.7. The van der Waals surface area contributed by atoms with Gasteiger partial charge in [-0.1, -0.05) is 0 Å². The molecule has 1 aliphatic heterocycles. The number of aromatic nitrogens is 1. The number of nitrogens with zero attached hydrogens (tertiary/aromatic N) is 2. The summed E-state index contributed by atoms with van der Waals surface area (Å²) in [6.07, 6.45) is 5.16. The number of halogens is 3. The van der Waals surface area contributed by atoms with Crippen LogP contribution in [-0.4, -0.2) is 16.6 Å². The smallest absolute Gasteiger partial charge is 0.149 e. The fraction of sp³-hybridized carbons (Fsp3) is 0.188. The molecule has 6 heteroatoms. The maximum Gasteiger partial charge on any atom is 0.149 e. The summed E-state index contributed by atoms with van der Waals surface area (Å²) in [5.41, 5.74) is 0.384. The summed E-state index contributed by atoms with van der Waals surface area (Å²) in [6, 6.07) is 3.64. The molecule has 0 aliphatic carbocycles. The van der Waals surface area contributed by atoms with E-state index in [-0.39, 0.29) is 16.8 Å². The van der Waals surface area contributed by atoms with Crippen LogP contribution >= 0.6 is 0 Å². The van der Waals surface area contributed by atoms with Crippen LogP contribution in [0.3, 0.4) is 0 Å². The molecule has 2 heterocycles. The van der Waals surface area contributed by atoms with Crippen LogP contribution in [0, 0.1) is 24.4 Å². The van der Waals surface area contributed by atoms with Gasteiger partial charge in [0.15, 0.2) is 0 Å². The quantitative estimate of drug-likeness (QED) is 0.943. The van der Waals surface area contributed by atoms with Crippen LogP contribution in [0.25, 0.3) is 11.3 Å². The average Bonchev–Trinajstić information content (AvgIpc) is 2.99. The van der Waals surface area contributed by atoms with Crippen molar-refractivity contribution in [1.29, 1.82) is 0 Å². The molecule has 1 aromatic heterocycles. The van der Waals surface area contributed by atoms with E-state index in [4.69, 9.17) is 0 Å². The Kier molecular flexibility index (Phi) is 3.75. The van der Waals surface area contributed by atoms with Gasteiger partial charge in [0.05, 0.1) is 6.67 Å². The predicted octanol–water partition coefficient (Wildman–Crippen LogP) is 3.31. The standard InChI is InChI=1S/C16H14F3N3/c1-10-13(17)3-2-12(15(10)19)16-14(18)6-11(7-21-16)8-22-5-4-20-9-22/h2-7,20H,8-9H2,1H3. The van der Waals surface area contributed by atoms with Crippen molar-refractivity contribution in [3.63, 3.8) is 0 Å². The second kappa shape index (κ2) is 5.71. The summed E-state index contributed by atoms with van der Waals surface area (Å²) in [7, 11) is 0. The monoisotopic (exact) mass is 305 g/mol. The van der Waals surface area contributed by atoms with Gasteiger partial charge in [-0.05, 0) is 30.7 Å². The van der Waals surface area contributed by atoms with Crippen LogP contribution in [0.1, 0.15) is 11.1 Å². The Balaban J connectivity index is 1.92. The van der Waals surface area contributed by atoms with Crippen LogP contribution in [0.15, 0.2) is 36.8 Å². The second-order valence-electron chi connectivity index (χ2n) is 5.13. The molecule has 1 aliphatic rings. The number of benzene rings is 1. The molecule has 22 heavy (non-hydrogen) atoms.